The number of anilines is 1. The Kier molecular flexibility index (Phi) is 5.18. The van der Waals surface area contributed by atoms with E-state index in [1.54, 1.807) is 0 Å². The van der Waals surface area contributed by atoms with Crippen molar-refractivity contribution < 1.29 is 32.6 Å². The lowest BCUT2D eigenvalue weighted by Gasteiger charge is -2.07. The highest BCUT2D eigenvalue weighted by molar-refractivity contribution is 6.03. The molecule has 0 aromatic carbocycles. The first-order valence-electron chi connectivity index (χ1n) is 6.46. The molecule has 9 nitrogen and oxygen atoms in total. The predicted octanol–water partition coefficient (Wildman–Crippen LogP) is 0.953. The summed E-state index contributed by atoms with van der Waals surface area (Å²) in [6.07, 6.45) is -0.683. The normalized spacial score (nSPS) is 11.5. The van der Waals surface area contributed by atoms with Crippen LogP contribution in [0.15, 0.2) is 24.7 Å². The molecule has 0 bridgehead atoms. The second-order valence-corrected chi connectivity index (χ2v) is 4.58. The van der Waals surface area contributed by atoms with E-state index in [0.29, 0.717) is 0 Å². The molecule has 0 aliphatic carbocycles. The first-order valence-corrected chi connectivity index (χ1v) is 6.46. The van der Waals surface area contributed by atoms with Crippen molar-refractivity contribution in [3.8, 4) is 0 Å². The van der Waals surface area contributed by atoms with Crippen molar-refractivity contribution in [1.82, 2.24) is 19.6 Å². The average Bonchev–Trinajstić information content (AvgIpc) is 3.06. The number of carbonyl (C=O) groups is 2. The van der Waals surface area contributed by atoms with Crippen LogP contribution in [0.3, 0.4) is 0 Å². The zero-order valence-electron chi connectivity index (χ0n) is 12.0. The van der Waals surface area contributed by atoms with Gasteiger partial charge >= 0.3 is 12.1 Å². The first-order chi connectivity index (χ1) is 11.2. The highest BCUT2D eigenvalue weighted by Crippen LogP contribution is 2.15. The minimum atomic E-state index is -4.44. The standard InChI is InChI=1S/C12H12F3N5O4/c13-12(14,15)6-24-7-19-4-8(3-17-19)18-11(23)9-1-2-16-20(9)5-10(21)22/h1-4H,5-7H2,(H,18,23)(H,21,22). The van der Waals surface area contributed by atoms with Gasteiger partial charge in [0, 0.05) is 6.20 Å². The topological polar surface area (TPSA) is 111 Å². The van der Waals surface area contributed by atoms with Gasteiger partial charge in [0.25, 0.3) is 5.91 Å². The molecule has 0 aliphatic heterocycles. The molecule has 0 fully saturated rings. The number of rotatable bonds is 7. The van der Waals surface area contributed by atoms with E-state index in [4.69, 9.17) is 5.11 Å². The Hall–Kier alpha value is -2.89. The minimum absolute atomic E-state index is 0.0125. The molecule has 0 unspecified atom stereocenters. The number of alkyl halides is 3. The molecular formula is C12H12F3N5O4. The van der Waals surface area contributed by atoms with E-state index in [9.17, 15) is 22.8 Å². The lowest BCUT2D eigenvalue weighted by molar-refractivity contribution is -0.182. The number of ether oxygens (including phenoxy) is 1. The summed E-state index contributed by atoms with van der Waals surface area (Å²) in [7, 11) is 0. The van der Waals surface area contributed by atoms with Crippen LogP contribution in [0.1, 0.15) is 10.5 Å². The van der Waals surface area contributed by atoms with Crippen molar-refractivity contribution in [3.05, 3.63) is 30.4 Å². The van der Waals surface area contributed by atoms with E-state index in [2.05, 4.69) is 20.3 Å². The van der Waals surface area contributed by atoms with E-state index in [1.165, 1.54) is 24.7 Å². The quantitative estimate of drug-likeness (QED) is 0.771. The summed E-state index contributed by atoms with van der Waals surface area (Å²) >= 11 is 0. The van der Waals surface area contributed by atoms with Crippen LogP contribution in [-0.4, -0.2) is 49.3 Å². The zero-order chi connectivity index (χ0) is 17.7. The lowest BCUT2D eigenvalue weighted by atomic mass is 10.4. The first kappa shape index (κ1) is 17.5. The van der Waals surface area contributed by atoms with E-state index >= 15 is 0 Å². The third-order valence-corrected chi connectivity index (χ3v) is 2.61. The average molecular weight is 347 g/mol. The fourth-order valence-corrected chi connectivity index (χ4v) is 1.73. The number of halogens is 3. The SMILES string of the molecule is O=C(O)Cn1nccc1C(=O)Nc1cnn(COCC(F)(F)F)c1. The van der Waals surface area contributed by atoms with Gasteiger partial charge in [-0.1, -0.05) is 0 Å². The van der Waals surface area contributed by atoms with Crippen molar-refractivity contribution in [2.45, 2.75) is 19.5 Å². The third kappa shape index (κ3) is 5.08. The fourth-order valence-electron chi connectivity index (χ4n) is 1.73. The van der Waals surface area contributed by atoms with E-state index in [0.717, 1.165) is 9.36 Å². The summed E-state index contributed by atoms with van der Waals surface area (Å²) in [5, 5.41) is 18.6. The Morgan fingerprint density at radius 1 is 1.33 bits per heavy atom. The number of amides is 1. The van der Waals surface area contributed by atoms with Gasteiger partial charge in [-0.15, -0.1) is 0 Å². The van der Waals surface area contributed by atoms with Crippen LogP contribution in [0.4, 0.5) is 18.9 Å². The highest BCUT2D eigenvalue weighted by atomic mass is 19.4. The number of hydrogen-bond donors (Lipinski definition) is 2. The summed E-state index contributed by atoms with van der Waals surface area (Å²) < 4.78 is 42.4. The maximum atomic E-state index is 12.1. The van der Waals surface area contributed by atoms with Gasteiger partial charge in [-0.25, -0.2) is 9.36 Å². The highest BCUT2D eigenvalue weighted by Gasteiger charge is 2.27. The molecule has 0 aliphatic rings. The number of aliphatic carboxylic acids is 1. The molecule has 24 heavy (non-hydrogen) atoms. The van der Waals surface area contributed by atoms with Gasteiger partial charge in [-0.2, -0.15) is 23.4 Å². The second kappa shape index (κ2) is 7.12. The van der Waals surface area contributed by atoms with Crippen LogP contribution >= 0.6 is 0 Å². The van der Waals surface area contributed by atoms with Crippen LogP contribution in [0.2, 0.25) is 0 Å². The molecule has 12 heteroatoms. The van der Waals surface area contributed by atoms with Crippen molar-refractivity contribution in [2.75, 3.05) is 11.9 Å². The third-order valence-electron chi connectivity index (χ3n) is 2.61. The number of hydrogen-bond acceptors (Lipinski definition) is 5. The molecule has 2 N–H and O–H groups in total. The van der Waals surface area contributed by atoms with E-state index < -0.39 is 37.9 Å². The van der Waals surface area contributed by atoms with Gasteiger partial charge in [-0.05, 0) is 6.07 Å². The maximum absolute atomic E-state index is 12.1. The van der Waals surface area contributed by atoms with Gasteiger partial charge in [0.2, 0.25) is 0 Å². The molecule has 0 saturated carbocycles. The molecule has 0 atom stereocenters. The molecule has 2 aromatic heterocycles. The number of nitrogens with zero attached hydrogens (tertiary/aromatic N) is 4. The second-order valence-electron chi connectivity index (χ2n) is 4.58. The maximum Gasteiger partial charge on any atom is 0.411 e. The lowest BCUT2D eigenvalue weighted by Crippen LogP contribution is -2.20. The Morgan fingerprint density at radius 2 is 2.08 bits per heavy atom. The molecule has 0 saturated heterocycles. The molecule has 2 rings (SSSR count). The van der Waals surface area contributed by atoms with Gasteiger partial charge < -0.3 is 15.2 Å². The summed E-state index contributed by atoms with van der Waals surface area (Å²) in [4.78, 5) is 22.7. The largest absolute Gasteiger partial charge is 0.480 e. The Labute approximate surface area is 132 Å². The van der Waals surface area contributed by atoms with Crippen LogP contribution in [-0.2, 0) is 22.8 Å². The van der Waals surface area contributed by atoms with Gasteiger partial charge in [0.1, 0.15) is 25.6 Å². The van der Waals surface area contributed by atoms with Crippen molar-refractivity contribution in [1.29, 1.82) is 0 Å². The summed E-state index contributed by atoms with van der Waals surface area (Å²) in [6.45, 7) is -2.34. The number of aromatic nitrogens is 4. The number of carboxylic acids is 1. The van der Waals surface area contributed by atoms with Crippen molar-refractivity contribution >= 4 is 17.6 Å². The van der Waals surface area contributed by atoms with Crippen molar-refractivity contribution in [2.24, 2.45) is 0 Å². The smallest absolute Gasteiger partial charge is 0.411 e. The minimum Gasteiger partial charge on any atom is -0.480 e. The summed E-state index contributed by atoms with van der Waals surface area (Å²) in [5.74, 6) is -1.80. The number of carbonyl (C=O) groups excluding carboxylic acids is 1. The Balaban J connectivity index is 1.93. The van der Waals surface area contributed by atoms with Crippen molar-refractivity contribution in [3.63, 3.8) is 0 Å². The monoisotopic (exact) mass is 347 g/mol. The van der Waals surface area contributed by atoms with E-state index in [-0.39, 0.29) is 11.4 Å². The van der Waals surface area contributed by atoms with Gasteiger partial charge in [-0.3, -0.25) is 9.59 Å². The molecule has 2 aromatic rings. The summed E-state index contributed by atoms with van der Waals surface area (Å²) in [6, 6.07) is 1.33. The van der Waals surface area contributed by atoms with Crippen LogP contribution in [0.25, 0.3) is 0 Å². The Bertz CT molecular complexity index is 724. The predicted molar refractivity (Wildman–Crippen MR) is 72.1 cm³/mol. The molecular weight excluding hydrogens is 335 g/mol. The number of nitrogens with one attached hydrogen (secondary N) is 1. The molecule has 0 radical (unpaired) electrons. The fraction of sp³-hybridized carbons (Fsp3) is 0.333. The van der Waals surface area contributed by atoms with Crippen LogP contribution in [0.5, 0.6) is 0 Å². The van der Waals surface area contributed by atoms with E-state index in [1.807, 2.05) is 0 Å². The summed E-state index contributed by atoms with van der Waals surface area (Å²) in [5.41, 5.74) is 0.220. The number of carboxylic acid groups (broad SMARTS) is 1. The zero-order valence-corrected chi connectivity index (χ0v) is 12.0. The van der Waals surface area contributed by atoms with Gasteiger partial charge in [0.05, 0.1) is 18.1 Å². The Morgan fingerprint density at radius 3 is 2.75 bits per heavy atom. The van der Waals surface area contributed by atoms with Crippen LogP contribution < -0.4 is 5.32 Å². The van der Waals surface area contributed by atoms with Gasteiger partial charge in [0.15, 0.2) is 0 Å². The molecule has 2 heterocycles. The molecule has 0 spiro atoms. The van der Waals surface area contributed by atoms with Crippen LogP contribution in [0, 0.1) is 0 Å². The molecule has 1 amide bonds. The molecule has 130 valence electrons.